The number of aliphatic hydroxyl groups excluding tert-OH is 1. The summed E-state index contributed by atoms with van der Waals surface area (Å²) in [6, 6.07) is 16.6. The summed E-state index contributed by atoms with van der Waals surface area (Å²) in [5.74, 6) is 0. The summed E-state index contributed by atoms with van der Waals surface area (Å²) < 4.78 is 1.03. The monoisotopic (exact) mass is 542 g/mol. The van der Waals surface area contributed by atoms with E-state index in [0.29, 0.717) is 11.1 Å². The molecule has 0 aliphatic heterocycles. The zero-order valence-corrected chi connectivity index (χ0v) is 21.8. The van der Waals surface area contributed by atoms with Gasteiger partial charge in [-0.25, -0.2) is 0 Å². The van der Waals surface area contributed by atoms with Crippen molar-refractivity contribution in [1.82, 2.24) is 9.97 Å². The molecule has 0 spiro atoms. The van der Waals surface area contributed by atoms with Gasteiger partial charge in [0, 0.05) is 55.2 Å². The maximum absolute atomic E-state index is 11.2. The van der Waals surface area contributed by atoms with Crippen LogP contribution in [0.25, 0.3) is 32.9 Å². The van der Waals surface area contributed by atoms with Gasteiger partial charge in [-0.15, -0.1) is 0 Å². The number of carbonyl (C=O) groups is 2. The highest BCUT2D eigenvalue weighted by Gasteiger charge is 2.43. The molecule has 5 aromatic rings. The van der Waals surface area contributed by atoms with Crippen molar-refractivity contribution in [2.75, 3.05) is 6.61 Å². The van der Waals surface area contributed by atoms with E-state index in [-0.39, 0.29) is 12.0 Å². The first-order valence-corrected chi connectivity index (χ1v) is 12.7. The molecule has 2 heterocycles. The van der Waals surface area contributed by atoms with E-state index in [1.165, 1.54) is 11.1 Å². The number of hydrogen-bond acceptors (Lipinski definition) is 3. The molecule has 3 N–H and O–H groups in total. The smallest absolute Gasteiger partial charge is 0.152 e. The maximum atomic E-state index is 11.2. The maximum Gasteiger partial charge on any atom is 0.152 e. The number of aliphatic hydroxyl groups is 1. The second-order valence-electron chi connectivity index (χ2n) is 9.60. The third kappa shape index (κ3) is 4.31. The van der Waals surface area contributed by atoms with Crippen molar-refractivity contribution in [1.29, 1.82) is 0 Å². The van der Waals surface area contributed by atoms with E-state index in [9.17, 15) is 14.7 Å². The molecule has 0 amide bonds. The van der Waals surface area contributed by atoms with Crippen LogP contribution in [0.15, 0.2) is 65.4 Å². The topological polar surface area (TPSA) is 85.9 Å². The second-order valence-corrected chi connectivity index (χ2v) is 10.5. The summed E-state index contributed by atoms with van der Waals surface area (Å²) in [5.41, 5.74) is 9.22. The molecule has 3 aromatic carbocycles. The molecular formula is C30H27BrN2O3. The van der Waals surface area contributed by atoms with Crippen molar-refractivity contribution in [3.8, 4) is 11.1 Å². The van der Waals surface area contributed by atoms with E-state index in [1.54, 1.807) is 12.4 Å². The van der Waals surface area contributed by atoms with Crippen LogP contribution >= 0.6 is 15.9 Å². The normalized spacial score (nSPS) is 13.9. The van der Waals surface area contributed by atoms with Crippen LogP contribution in [0, 0.1) is 13.8 Å². The lowest BCUT2D eigenvalue weighted by Gasteiger charge is -2.13. The van der Waals surface area contributed by atoms with E-state index in [1.807, 2.05) is 19.1 Å². The molecule has 6 heteroatoms. The summed E-state index contributed by atoms with van der Waals surface area (Å²) >= 11 is 3.43. The number of aldehydes is 2. The highest BCUT2D eigenvalue weighted by molar-refractivity contribution is 9.10. The van der Waals surface area contributed by atoms with Gasteiger partial charge in [0.05, 0.1) is 6.61 Å². The van der Waals surface area contributed by atoms with Gasteiger partial charge in [-0.3, -0.25) is 9.59 Å². The van der Waals surface area contributed by atoms with E-state index in [4.69, 9.17) is 0 Å². The summed E-state index contributed by atoms with van der Waals surface area (Å²) in [5, 5.41) is 11.5. The second kappa shape index (κ2) is 9.52. The largest absolute Gasteiger partial charge is 0.395 e. The molecule has 0 bridgehead atoms. The van der Waals surface area contributed by atoms with Crippen molar-refractivity contribution >= 4 is 50.3 Å². The quantitative estimate of drug-likeness (QED) is 0.208. The predicted molar refractivity (Wildman–Crippen MR) is 148 cm³/mol. The van der Waals surface area contributed by atoms with Crippen molar-refractivity contribution in [3.05, 3.63) is 93.2 Å². The van der Waals surface area contributed by atoms with Crippen LogP contribution in [0.4, 0.5) is 0 Å². The van der Waals surface area contributed by atoms with Crippen LogP contribution in [0.5, 0.6) is 0 Å². The van der Waals surface area contributed by atoms with E-state index >= 15 is 0 Å². The molecule has 1 aliphatic carbocycles. The number of carbonyl (C=O) groups excluding carboxylic acids is 2. The zero-order chi connectivity index (χ0) is 25.4. The predicted octanol–water partition coefficient (Wildman–Crippen LogP) is 7.03. The Morgan fingerprint density at radius 1 is 0.861 bits per heavy atom. The molecule has 36 heavy (non-hydrogen) atoms. The molecule has 0 unspecified atom stereocenters. The lowest BCUT2D eigenvalue weighted by molar-refractivity contribution is 0.111. The molecule has 182 valence electrons. The van der Waals surface area contributed by atoms with Crippen molar-refractivity contribution < 1.29 is 14.7 Å². The fraction of sp³-hybridized carbons (Fsp3) is 0.200. The Morgan fingerprint density at radius 3 is 1.94 bits per heavy atom. The van der Waals surface area contributed by atoms with Crippen LogP contribution in [0.3, 0.4) is 0 Å². The highest BCUT2D eigenvalue weighted by atomic mass is 79.9. The van der Waals surface area contributed by atoms with Crippen LogP contribution < -0.4 is 0 Å². The summed E-state index contributed by atoms with van der Waals surface area (Å²) in [6.45, 7) is 4.33. The number of hydrogen-bond donors (Lipinski definition) is 3. The molecule has 1 fully saturated rings. The van der Waals surface area contributed by atoms with Gasteiger partial charge >= 0.3 is 0 Å². The number of H-pyrrole nitrogens is 2. The molecule has 0 radical (unpaired) electrons. The van der Waals surface area contributed by atoms with Crippen molar-refractivity contribution in [2.45, 2.75) is 32.1 Å². The van der Waals surface area contributed by atoms with Crippen LogP contribution in [0.2, 0.25) is 0 Å². The first-order chi connectivity index (χ1) is 17.4. The molecule has 0 atom stereocenters. The van der Waals surface area contributed by atoms with Gasteiger partial charge in [-0.05, 0) is 78.8 Å². The molecule has 6 rings (SSSR count). The third-order valence-corrected chi connectivity index (χ3v) is 8.12. The Hall–Kier alpha value is -3.48. The Kier molecular flexibility index (Phi) is 6.41. The SMILES string of the molecule is Cc1cc2[nH]cc(C=O)c2cc1-c1ccc(C2(CO)CC2)cc1.Cc1cc2[nH]cc(C=O)c2cc1Br. The van der Waals surface area contributed by atoms with Gasteiger partial charge in [0.2, 0.25) is 0 Å². The van der Waals surface area contributed by atoms with Gasteiger partial charge in [0.25, 0.3) is 0 Å². The van der Waals surface area contributed by atoms with Crippen molar-refractivity contribution in [3.63, 3.8) is 0 Å². The lowest BCUT2D eigenvalue weighted by Crippen LogP contribution is -2.11. The van der Waals surface area contributed by atoms with Crippen LogP contribution in [-0.2, 0) is 5.41 Å². The minimum atomic E-state index is 0.00283. The van der Waals surface area contributed by atoms with Crippen LogP contribution in [-0.4, -0.2) is 34.3 Å². The Bertz CT molecular complexity index is 1590. The zero-order valence-electron chi connectivity index (χ0n) is 20.2. The molecular weight excluding hydrogens is 516 g/mol. The highest BCUT2D eigenvalue weighted by Crippen LogP contribution is 2.48. The number of aromatic amines is 2. The number of benzene rings is 3. The number of aryl methyl sites for hydroxylation is 2. The number of nitrogens with one attached hydrogen (secondary N) is 2. The Balaban J connectivity index is 0.000000174. The summed E-state index contributed by atoms with van der Waals surface area (Å²) in [7, 11) is 0. The van der Waals surface area contributed by atoms with Crippen LogP contribution in [0.1, 0.15) is 50.2 Å². The Labute approximate surface area is 217 Å². The molecule has 2 aromatic heterocycles. The minimum absolute atomic E-state index is 0.00283. The molecule has 0 saturated heterocycles. The summed E-state index contributed by atoms with van der Waals surface area (Å²) in [6.07, 6.45) is 7.37. The average Bonchev–Trinajstić information content (AvgIpc) is 3.46. The number of halogens is 1. The van der Waals surface area contributed by atoms with Gasteiger partial charge in [0.1, 0.15) is 0 Å². The molecule has 5 nitrogen and oxygen atoms in total. The van der Waals surface area contributed by atoms with E-state index < -0.39 is 0 Å². The van der Waals surface area contributed by atoms with Gasteiger partial charge in [-0.2, -0.15) is 0 Å². The summed E-state index contributed by atoms with van der Waals surface area (Å²) in [4.78, 5) is 28.0. The van der Waals surface area contributed by atoms with Gasteiger partial charge in [-0.1, -0.05) is 40.2 Å². The van der Waals surface area contributed by atoms with Gasteiger partial charge < -0.3 is 15.1 Å². The fourth-order valence-corrected chi connectivity index (χ4v) is 5.11. The van der Waals surface area contributed by atoms with Crippen molar-refractivity contribution in [2.24, 2.45) is 0 Å². The lowest BCUT2D eigenvalue weighted by atomic mass is 9.92. The first kappa shape index (κ1) is 24.2. The minimum Gasteiger partial charge on any atom is -0.395 e. The standard InChI is InChI=1S/C20H19NO2.C10H8BrNO/c1-13-8-19-18(15(11-22)10-21-19)9-17(13)14-2-4-16(5-3-14)20(12-23)6-7-20;1-6-2-10-8(3-9(6)11)7(5-13)4-12-10/h2-5,8-11,21,23H,6-7,12H2,1H3;2-5,12H,1H3. The first-order valence-electron chi connectivity index (χ1n) is 11.9. The van der Waals surface area contributed by atoms with E-state index in [0.717, 1.165) is 68.4 Å². The number of rotatable bonds is 5. The molecule has 1 saturated carbocycles. The average molecular weight is 543 g/mol. The molecule has 1 aliphatic rings. The fourth-order valence-electron chi connectivity index (χ4n) is 4.77. The number of aromatic nitrogens is 2. The number of fused-ring (bicyclic) bond motifs is 2. The van der Waals surface area contributed by atoms with E-state index in [2.05, 4.69) is 69.2 Å². The van der Waals surface area contributed by atoms with Gasteiger partial charge in [0.15, 0.2) is 12.6 Å². The Morgan fingerprint density at radius 2 is 1.42 bits per heavy atom. The third-order valence-electron chi connectivity index (χ3n) is 7.27.